The maximum atomic E-state index is 7.99. The molecule has 3 nitrogen and oxygen atoms in total. The van der Waals surface area contributed by atoms with Crippen LogP contribution in [-0.4, -0.2) is 15.7 Å². The third kappa shape index (κ3) is 2.40. The molecule has 88 valence electrons. The van der Waals surface area contributed by atoms with Crippen LogP contribution in [-0.2, 0) is 0 Å². The van der Waals surface area contributed by atoms with Crippen molar-refractivity contribution < 1.29 is 0 Å². The predicted molar refractivity (Wildman–Crippen MR) is 68.9 cm³/mol. The lowest BCUT2D eigenvalue weighted by Gasteiger charge is -2.10. The number of hydrogen-bond donors (Lipinski definition) is 2. The molecule has 1 rings (SSSR count). The van der Waals surface area contributed by atoms with Crippen LogP contribution >= 0.6 is 0 Å². The molecule has 3 heteroatoms. The highest BCUT2D eigenvalue weighted by Crippen LogP contribution is 2.19. The Kier molecular flexibility index (Phi) is 3.68. The molecule has 16 heavy (non-hydrogen) atoms. The molecule has 1 aromatic heterocycles. The first-order valence-electron chi connectivity index (χ1n) is 5.64. The molecule has 2 N–H and O–H groups in total. The average Bonchev–Trinajstić information content (AvgIpc) is 2.55. The molecule has 0 amide bonds. The summed E-state index contributed by atoms with van der Waals surface area (Å²) in [5.41, 5.74) is 4.89. The summed E-state index contributed by atoms with van der Waals surface area (Å²) < 4.78 is 0. The number of nitrogens with zero attached hydrogens (tertiary/aromatic N) is 1. The minimum absolute atomic E-state index is 0.257. The van der Waals surface area contributed by atoms with Crippen molar-refractivity contribution in [3.63, 3.8) is 0 Å². The Hall–Kier alpha value is -1.38. The molecule has 0 radical (unpaired) electrons. The number of aromatic nitrogens is 2. The molecule has 0 bridgehead atoms. The quantitative estimate of drug-likeness (QED) is 0.751. The van der Waals surface area contributed by atoms with Crippen molar-refractivity contribution in [2.75, 3.05) is 0 Å². The largest absolute Gasteiger partial charge is 0.342 e. The second kappa shape index (κ2) is 4.64. The van der Waals surface area contributed by atoms with Crippen LogP contribution in [0.3, 0.4) is 0 Å². The zero-order valence-electron chi connectivity index (χ0n) is 11.0. The first-order chi connectivity index (χ1) is 7.34. The van der Waals surface area contributed by atoms with Crippen LogP contribution in [0.25, 0.3) is 5.57 Å². The molecule has 1 heterocycles. The Morgan fingerprint density at radius 2 is 1.81 bits per heavy atom. The fourth-order valence-corrected chi connectivity index (χ4v) is 1.54. The second-order valence-corrected chi connectivity index (χ2v) is 4.61. The predicted octanol–water partition coefficient (Wildman–Crippen LogP) is 3.50. The minimum atomic E-state index is 0.257. The summed E-state index contributed by atoms with van der Waals surface area (Å²) in [6, 6.07) is 0. The van der Waals surface area contributed by atoms with Crippen LogP contribution in [0.4, 0.5) is 0 Å². The number of rotatable bonds is 3. The van der Waals surface area contributed by atoms with E-state index >= 15 is 0 Å². The van der Waals surface area contributed by atoms with Gasteiger partial charge in [-0.3, -0.25) is 0 Å². The van der Waals surface area contributed by atoms with Crippen molar-refractivity contribution in [2.45, 2.75) is 41.5 Å². The van der Waals surface area contributed by atoms with Crippen molar-refractivity contribution in [1.29, 1.82) is 5.41 Å². The summed E-state index contributed by atoms with van der Waals surface area (Å²) in [4.78, 5) is 7.72. The molecule has 0 saturated carbocycles. The normalized spacial score (nSPS) is 12.9. The Morgan fingerprint density at radius 1 is 1.25 bits per heavy atom. The Balaban J connectivity index is 3.13. The molecule has 0 aromatic carbocycles. The smallest absolute Gasteiger partial charge is 0.133 e. The molecule has 0 unspecified atom stereocenters. The summed E-state index contributed by atoms with van der Waals surface area (Å²) in [7, 11) is 0. The first-order valence-corrected chi connectivity index (χ1v) is 5.64. The molecule has 0 aliphatic rings. The van der Waals surface area contributed by atoms with E-state index in [1.54, 1.807) is 0 Å². The number of allylic oxidation sites excluding steroid dienone is 2. The topological polar surface area (TPSA) is 52.5 Å². The van der Waals surface area contributed by atoms with E-state index in [1.165, 1.54) is 0 Å². The van der Waals surface area contributed by atoms with Gasteiger partial charge in [-0.15, -0.1) is 0 Å². The highest BCUT2D eigenvalue weighted by atomic mass is 14.9. The van der Waals surface area contributed by atoms with E-state index in [9.17, 15) is 0 Å². The number of H-pyrrole nitrogens is 1. The zero-order chi connectivity index (χ0) is 12.5. The van der Waals surface area contributed by atoms with Gasteiger partial charge in [0.05, 0.1) is 5.69 Å². The van der Waals surface area contributed by atoms with Crippen molar-refractivity contribution in [2.24, 2.45) is 5.92 Å². The van der Waals surface area contributed by atoms with Crippen LogP contribution in [0.15, 0.2) is 5.57 Å². The summed E-state index contributed by atoms with van der Waals surface area (Å²) in [5.74, 6) is 1.14. The van der Waals surface area contributed by atoms with Crippen molar-refractivity contribution in [1.82, 2.24) is 9.97 Å². The Labute approximate surface area is 97.5 Å². The van der Waals surface area contributed by atoms with E-state index in [4.69, 9.17) is 5.41 Å². The summed E-state index contributed by atoms with van der Waals surface area (Å²) in [5, 5.41) is 7.99. The Bertz CT molecular complexity index is 417. The van der Waals surface area contributed by atoms with Gasteiger partial charge in [0.2, 0.25) is 0 Å². The van der Waals surface area contributed by atoms with Crippen molar-refractivity contribution >= 4 is 11.3 Å². The SMILES string of the molecule is C/C(C(=N)C(C)C)=C(\C)c1nc(C)c(C)[nH]1. The van der Waals surface area contributed by atoms with Gasteiger partial charge >= 0.3 is 0 Å². The lowest BCUT2D eigenvalue weighted by atomic mass is 9.97. The van der Waals surface area contributed by atoms with Gasteiger partial charge in [0.1, 0.15) is 5.82 Å². The van der Waals surface area contributed by atoms with Crippen LogP contribution in [0.2, 0.25) is 0 Å². The van der Waals surface area contributed by atoms with E-state index in [1.807, 2.05) is 41.5 Å². The maximum Gasteiger partial charge on any atom is 0.133 e. The van der Waals surface area contributed by atoms with Gasteiger partial charge < -0.3 is 10.4 Å². The fourth-order valence-electron chi connectivity index (χ4n) is 1.54. The average molecular weight is 219 g/mol. The zero-order valence-corrected chi connectivity index (χ0v) is 11.0. The lowest BCUT2D eigenvalue weighted by molar-refractivity contribution is 0.874. The molecule has 0 aliphatic carbocycles. The minimum Gasteiger partial charge on any atom is -0.342 e. The van der Waals surface area contributed by atoms with Gasteiger partial charge in [-0.2, -0.15) is 0 Å². The molecular formula is C13H21N3. The van der Waals surface area contributed by atoms with Gasteiger partial charge in [0.15, 0.2) is 0 Å². The third-order valence-electron chi connectivity index (χ3n) is 3.03. The lowest BCUT2D eigenvalue weighted by Crippen LogP contribution is -2.08. The number of nitrogens with one attached hydrogen (secondary N) is 2. The van der Waals surface area contributed by atoms with Gasteiger partial charge in [-0.25, -0.2) is 4.98 Å². The number of imidazole rings is 1. The van der Waals surface area contributed by atoms with Gasteiger partial charge in [0, 0.05) is 11.4 Å². The molecule has 0 spiro atoms. The highest BCUT2D eigenvalue weighted by Gasteiger charge is 2.12. The number of aromatic amines is 1. The monoisotopic (exact) mass is 219 g/mol. The van der Waals surface area contributed by atoms with Gasteiger partial charge in [-0.05, 0) is 44.8 Å². The van der Waals surface area contributed by atoms with Gasteiger partial charge in [0.25, 0.3) is 0 Å². The molecule has 0 fully saturated rings. The molecular weight excluding hydrogens is 198 g/mol. The van der Waals surface area contributed by atoms with Crippen LogP contribution < -0.4 is 0 Å². The number of hydrogen-bond acceptors (Lipinski definition) is 2. The van der Waals surface area contributed by atoms with Gasteiger partial charge in [-0.1, -0.05) is 13.8 Å². The van der Waals surface area contributed by atoms with E-state index in [0.717, 1.165) is 28.4 Å². The van der Waals surface area contributed by atoms with E-state index in [2.05, 4.69) is 9.97 Å². The van der Waals surface area contributed by atoms with E-state index in [-0.39, 0.29) is 5.92 Å². The van der Waals surface area contributed by atoms with Crippen LogP contribution in [0.5, 0.6) is 0 Å². The van der Waals surface area contributed by atoms with Crippen LogP contribution in [0.1, 0.15) is 44.9 Å². The molecule has 0 aliphatic heterocycles. The highest BCUT2D eigenvalue weighted by molar-refractivity contribution is 6.04. The summed E-state index contributed by atoms with van der Waals surface area (Å²) in [6.45, 7) is 12.1. The second-order valence-electron chi connectivity index (χ2n) is 4.61. The first kappa shape index (κ1) is 12.7. The fraction of sp³-hybridized carbons (Fsp3) is 0.538. The molecule has 0 saturated heterocycles. The van der Waals surface area contributed by atoms with Crippen LogP contribution in [0, 0.1) is 25.2 Å². The van der Waals surface area contributed by atoms with Crippen molar-refractivity contribution in [3.8, 4) is 0 Å². The maximum absolute atomic E-state index is 7.99. The standard InChI is InChI=1S/C13H21N3/c1-7(2)12(14)8(3)9(4)13-15-10(5)11(6)16-13/h7,14H,1-6H3,(H,15,16)/b9-8-,14-12?. The van der Waals surface area contributed by atoms with E-state index in [0.29, 0.717) is 5.71 Å². The Morgan fingerprint density at radius 3 is 2.19 bits per heavy atom. The molecule has 1 aromatic rings. The van der Waals surface area contributed by atoms with E-state index < -0.39 is 0 Å². The molecule has 0 atom stereocenters. The van der Waals surface area contributed by atoms with Crippen molar-refractivity contribution in [3.05, 3.63) is 22.8 Å². The third-order valence-corrected chi connectivity index (χ3v) is 3.03. The number of aryl methyl sites for hydroxylation is 2. The summed E-state index contributed by atoms with van der Waals surface area (Å²) in [6.07, 6.45) is 0. The summed E-state index contributed by atoms with van der Waals surface area (Å²) >= 11 is 0.